The highest BCUT2D eigenvalue weighted by Gasteiger charge is 2.49. The molecule has 0 aromatic heterocycles. The zero-order valence-corrected chi connectivity index (χ0v) is 13.6. The fraction of sp³-hybridized carbons (Fsp3) is 0.667. The van der Waals surface area contributed by atoms with Crippen LogP contribution in [0, 0.1) is 0 Å². The van der Waals surface area contributed by atoms with E-state index < -0.39 is 0 Å². The minimum absolute atomic E-state index is 0.273. The largest absolute Gasteiger partial charge is 0.375 e. The summed E-state index contributed by atoms with van der Waals surface area (Å²) in [5.41, 5.74) is 1.77. The normalized spacial score (nSPS) is 38.8. The quantitative estimate of drug-likeness (QED) is 0.594. The smallest absolute Gasteiger partial charge is 0.140 e. The van der Waals surface area contributed by atoms with Crippen LogP contribution in [0.2, 0.25) is 0 Å². The molecular weight excluding hydrogens is 312 g/mol. The van der Waals surface area contributed by atoms with Gasteiger partial charge >= 0.3 is 0 Å². The van der Waals surface area contributed by atoms with Crippen molar-refractivity contribution >= 4 is 0 Å². The van der Waals surface area contributed by atoms with Crippen LogP contribution in [0.15, 0.2) is 24.3 Å². The monoisotopic (exact) mass is 334 g/mol. The van der Waals surface area contributed by atoms with Crippen molar-refractivity contribution in [1.82, 2.24) is 0 Å². The number of benzene rings is 1. The van der Waals surface area contributed by atoms with Crippen LogP contribution in [-0.2, 0) is 39.6 Å². The fourth-order valence-electron chi connectivity index (χ4n) is 2.96. The van der Waals surface area contributed by atoms with E-state index in [-0.39, 0.29) is 23.4 Å². The first-order valence-electron chi connectivity index (χ1n) is 8.56. The summed E-state index contributed by atoms with van der Waals surface area (Å²) >= 11 is 0. The Morgan fingerprint density at radius 1 is 0.792 bits per heavy atom. The second kappa shape index (κ2) is 5.76. The molecule has 4 aliphatic rings. The summed E-state index contributed by atoms with van der Waals surface area (Å²) < 4.78 is 33.1. The first-order valence-corrected chi connectivity index (χ1v) is 8.56. The van der Waals surface area contributed by atoms with E-state index in [9.17, 15) is 0 Å². The number of rotatable bonds is 10. The Bertz CT molecular complexity index is 531. The van der Waals surface area contributed by atoms with Crippen LogP contribution in [0.3, 0.4) is 0 Å². The van der Waals surface area contributed by atoms with Gasteiger partial charge in [-0.1, -0.05) is 24.3 Å². The lowest BCUT2D eigenvalue weighted by Crippen LogP contribution is -2.21. The minimum Gasteiger partial charge on any atom is -0.375 e. The van der Waals surface area contributed by atoms with Gasteiger partial charge in [0, 0.05) is 0 Å². The maximum atomic E-state index is 5.72. The van der Waals surface area contributed by atoms with Crippen LogP contribution >= 0.6 is 0 Å². The average Bonchev–Trinajstić information content (AvgIpc) is 3.46. The number of epoxide rings is 4. The highest BCUT2D eigenvalue weighted by atomic mass is 16.6. The van der Waals surface area contributed by atoms with Gasteiger partial charge in [-0.2, -0.15) is 0 Å². The van der Waals surface area contributed by atoms with Crippen molar-refractivity contribution in [3.63, 3.8) is 0 Å². The lowest BCUT2D eigenvalue weighted by atomic mass is 9.95. The van der Waals surface area contributed by atoms with Crippen molar-refractivity contribution < 1.29 is 28.4 Å². The molecule has 1 aromatic rings. The molecule has 0 saturated carbocycles. The molecule has 4 unspecified atom stereocenters. The van der Waals surface area contributed by atoms with Crippen molar-refractivity contribution in [2.24, 2.45) is 0 Å². The van der Waals surface area contributed by atoms with Gasteiger partial charge in [-0.3, -0.25) is 0 Å². The van der Waals surface area contributed by atoms with E-state index >= 15 is 0 Å². The molecule has 0 N–H and O–H groups in total. The summed E-state index contributed by atoms with van der Waals surface area (Å²) in [6, 6.07) is 8.47. The summed E-state index contributed by atoms with van der Waals surface area (Å²) in [5, 5.41) is 0. The predicted molar refractivity (Wildman–Crippen MR) is 82.8 cm³/mol. The topological polar surface area (TPSA) is 68.6 Å². The van der Waals surface area contributed by atoms with Crippen molar-refractivity contribution in [2.45, 2.75) is 23.4 Å². The lowest BCUT2D eigenvalue weighted by molar-refractivity contribution is 0.0659. The molecule has 0 spiro atoms. The zero-order chi connectivity index (χ0) is 16.0. The molecular formula is C18H22O6. The second-order valence-corrected chi connectivity index (χ2v) is 7.08. The van der Waals surface area contributed by atoms with Gasteiger partial charge in [0.25, 0.3) is 0 Å². The van der Waals surface area contributed by atoms with Crippen LogP contribution in [0.4, 0.5) is 0 Å². The van der Waals surface area contributed by atoms with Gasteiger partial charge in [0.1, 0.15) is 23.4 Å². The second-order valence-electron chi connectivity index (χ2n) is 7.08. The molecule has 5 rings (SSSR count). The van der Waals surface area contributed by atoms with Gasteiger partial charge < -0.3 is 28.4 Å². The highest BCUT2D eigenvalue weighted by molar-refractivity contribution is 5.35. The highest BCUT2D eigenvalue weighted by Crippen LogP contribution is 2.43. The molecule has 0 aliphatic carbocycles. The molecule has 4 saturated heterocycles. The summed E-state index contributed by atoms with van der Waals surface area (Å²) in [6.45, 7) is 5.54. The molecule has 130 valence electrons. The van der Waals surface area contributed by atoms with Crippen molar-refractivity contribution in [3.05, 3.63) is 35.4 Å². The van der Waals surface area contributed by atoms with Crippen molar-refractivity contribution in [2.75, 3.05) is 52.9 Å². The Labute approximate surface area is 140 Å². The molecule has 4 heterocycles. The summed E-state index contributed by atoms with van der Waals surface area (Å²) in [6.07, 6.45) is 0.576. The molecule has 4 fully saturated rings. The van der Waals surface area contributed by atoms with Gasteiger partial charge in [0.15, 0.2) is 0 Å². The molecule has 0 amide bonds. The Hall–Kier alpha value is -1.02. The molecule has 0 bridgehead atoms. The summed E-state index contributed by atoms with van der Waals surface area (Å²) in [5.74, 6) is 0. The number of ether oxygens (including phenoxy) is 6. The third-order valence-corrected chi connectivity index (χ3v) is 5.01. The fourth-order valence-corrected chi connectivity index (χ4v) is 2.96. The van der Waals surface area contributed by atoms with Gasteiger partial charge in [-0.05, 0) is 11.1 Å². The van der Waals surface area contributed by atoms with Crippen LogP contribution in [0.1, 0.15) is 11.1 Å². The lowest BCUT2D eigenvalue weighted by Gasteiger charge is -2.16. The SMILES string of the molecule is c1cc(C2(COCC3CO3)CO2)ccc1C1(COCC2CO2)CO1. The number of hydrogen-bond acceptors (Lipinski definition) is 6. The maximum absolute atomic E-state index is 5.72. The van der Waals surface area contributed by atoms with Gasteiger partial charge in [0.05, 0.1) is 52.9 Å². The van der Waals surface area contributed by atoms with Crippen LogP contribution in [0.5, 0.6) is 0 Å². The van der Waals surface area contributed by atoms with Crippen molar-refractivity contribution in [3.8, 4) is 0 Å². The van der Waals surface area contributed by atoms with E-state index in [0.717, 1.165) is 24.3 Å². The van der Waals surface area contributed by atoms with Gasteiger partial charge in [-0.15, -0.1) is 0 Å². The van der Waals surface area contributed by atoms with Crippen LogP contribution < -0.4 is 0 Å². The Balaban J connectivity index is 1.18. The first kappa shape index (κ1) is 15.3. The van der Waals surface area contributed by atoms with Crippen molar-refractivity contribution in [1.29, 1.82) is 0 Å². The third kappa shape index (κ3) is 3.22. The van der Waals surface area contributed by atoms with Crippen LogP contribution in [0.25, 0.3) is 0 Å². The average molecular weight is 334 g/mol. The molecule has 0 radical (unpaired) electrons. The number of hydrogen-bond donors (Lipinski definition) is 0. The summed E-state index contributed by atoms with van der Waals surface area (Å²) in [4.78, 5) is 0. The minimum atomic E-state index is -0.273. The predicted octanol–water partition coefficient (Wildman–Crippen LogP) is 0.968. The molecule has 4 atom stereocenters. The maximum Gasteiger partial charge on any atom is 0.140 e. The van der Waals surface area contributed by atoms with Gasteiger partial charge in [-0.25, -0.2) is 0 Å². The van der Waals surface area contributed by atoms with E-state index in [2.05, 4.69) is 24.3 Å². The first-order chi connectivity index (χ1) is 11.8. The molecule has 6 nitrogen and oxygen atoms in total. The third-order valence-electron chi connectivity index (χ3n) is 5.01. The standard InChI is InChI=1S/C18H22O6/c1-2-14(18(12-24-18)10-20-6-16-8-22-16)4-3-13(1)17(11-23-17)9-19-5-15-7-21-15/h1-4,15-16H,5-12H2. The molecule has 24 heavy (non-hydrogen) atoms. The molecule has 6 heteroatoms. The van der Waals surface area contributed by atoms with E-state index in [1.807, 2.05) is 0 Å². The van der Waals surface area contributed by atoms with E-state index in [1.165, 1.54) is 0 Å². The molecule has 1 aromatic carbocycles. The van der Waals surface area contributed by atoms with Crippen LogP contribution in [-0.4, -0.2) is 65.1 Å². The van der Waals surface area contributed by atoms with E-state index in [0.29, 0.717) is 39.6 Å². The summed E-state index contributed by atoms with van der Waals surface area (Å²) in [7, 11) is 0. The Kier molecular flexibility index (Phi) is 3.66. The van der Waals surface area contributed by atoms with E-state index in [4.69, 9.17) is 28.4 Å². The van der Waals surface area contributed by atoms with Gasteiger partial charge in [0.2, 0.25) is 0 Å². The Morgan fingerprint density at radius 2 is 1.17 bits per heavy atom. The Morgan fingerprint density at radius 3 is 1.46 bits per heavy atom. The molecule has 4 aliphatic heterocycles. The van der Waals surface area contributed by atoms with E-state index in [1.54, 1.807) is 0 Å². The zero-order valence-electron chi connectivity index (χ0n) is 13.6.